The van der Waals surface area contributed by atoms with Crippen LogP contribution in [0.3, 0.4) is 0 Å². The molecule has 0 aliphatic rings. The molecule has 0 heterocycles. The Morgan fingerprint density at radius 2 is 1.27 bits per heavy atom. The predicted octanol–water partition coefficient (Wildman–Crippen LogP) is 2.71. The molecule has 0 radical (unpaired) electrons. The lowest BCUT2D eigenvalue weighted by atomic mass is 9.91. The largest absolute Gasteiger partial charge is 0.508 e. The third kappa shape index (κ3) is 2.80. The molecular weight excluding hydrogens is 284 g/mol. The van der Waals surface area contributed by atoms with E-state index in [2.05, 4.69) is 0 Å². The number of rotatable bonds is 3. The van der Waals surface area contributed by atoms with Crippen molar-refractivity contribution in [1.82, 2.24) is 0 Å². The predicted molar refractivity (Wildman–Crippen MR) is 82.4 cm³/mol. The van der Waals surface area contributed by atoms with Crippen molar-refractivity contribution in [2.24, 2.45) is 0 Å². The second-order valence-corrected chi connectivity index (χ2v) is 5.56. The average Bonchev–Trinajstić information content (AvgIpc) is 2.42. The van der Waals surface area contributed by atoms with Crippen LogP contribution in [0, 0.1) is 20.8 Å². The van der Waals surface area contributed by atoms with Gasteiger partial charge < -0.3 is 25.5 Å². The summed E-state index contributed by atoms with van der Waals surface area (Å²) in [5.41, 5.74) is 2.26. The van der Waals surface area contributed by atoms with Gasteiger partial charge in [0, 0.05) is 23.6 Å². The summed E-state index contributed by atoms with van der Waals surface area (Å²) in [5, 5.41) is 49.7. The first-order valence-corrected chi connectivity index (χ1v) is 6.94. The topological polar surface area (TPSA) is 101 Å². The van der Waals surface area contributed by atoms with Crippen LogP contribution in [-0.4, -0.2) is 25.5 Å². The fourth-order valence-electron chi connectivity index (χ4n) is 2.65. The van der Waals surface area contributed by atoms with Crippen molar-refractivity contribution in [3.05, 3.63) is 46.0 Å². The molecular formula is C17H20O5. The molecule has 0 spiro atoms. The summed E-state index contributed by atoms with van der Waals surface area (Å²) in [5.74, 6) is -0.218. The van der Waals surface area contributed by atoms with Crippen LogP contribution >= 0.6 is 0 Å². The highest BCUT2D eigenvalue weighted by Crippen LogP contribution is 2.40. The highest BCUT2D eigenvalue weighted by atomic mass is 16.3. The van der Waals surface area contributed by atoms with Gasteiger partial charge in [-0.25, -0.2) is 0 Å². The van der Waals surface area contributed by atoms with Gasteiger partial charge in [0.2, 0.25) is 0 Å². The standard InChI is InChI=1S/C17H20O5/c1-8-9(2)17(22)15(10(3)16(8)21)14(20)6-11-4-12(18)7-13(19)5-11/h4-5,7,14,18-22H,6H2,1-3H3. The third-order valence-corrected chi connectivity index (χ3v) is 4.01. The molecule has 22 heavy (non-hydrogen) atoms. The van der Waals surface area contributed by atoms with Crippen molar-refractivity contribution >= 4 is 0 Å². The van der Waals surface area contributed by atoms with Crippen LogP contribution < -0.4 is 0 Å². The molecule has 2 aromatic rings. The van der Waals surface area contributed by atoms with Crippen LogP contribution in [0.15, 0.2) is 18.2 Å². The van der Waals surface area contributed by atoms with Crippen LogP contribution in [-0.2, 0) is 6.42 Å². The molecule has 0 aliphatic carbocycles. The monoisotopic (exact) mass is 304 g/mol. The fraction of sp³-hybridized carbons (Fsp3) is 0.294. The molecule has 2 rings (SSSR count). The van der Waals surface area contributed by atoms with Gasteiger partial charge in [-0.3, -0.25) is 0 Å². The van der Waals surface area contributed by atoms with E-state index in [1.165, 1.54) is 18.2 Å². The fourth-order valence-corrected chi connectivity index (χ4v) is 2.65. The Hall–Kier alpha value is -2.40. The summed E-state index contributed by atoms with van der Waals surface area (Å²) in [4.78, 5) is 0. The molecule has 5 heteroatoms. The van der Waals surface area contributed by atoms with E-state index in [0.717, 1.165) is 0 Å². The molecule has 0 amide bonds. The number of aliphatic hydroxyl groups is 1. The summed E-state index contributed by atoms with van der Waals surface area (Å²) >= 11 is 0. The third-order valence-electron chi connectivity index (χ3n) is 4.01. The maximum absolute atomic E-state index is 10.4. The SMILES string of the molecule is Cc1c(C)c(O)c(C(O)Cc2cc(O)cc(O)c2)c(C)c1O. The van der Waals surface area contributed by atoms with Gasteiger partial charge >= 0.3 is 0 Å². The Bertz CT molecular complexity index is 672. The van der Waals surface area contributed by atoms with Crippen LogP contribution in [0.4, 0.5) is 0 Å². The van der Waals surface area contributed by atoms with E-state index in [-0.39, 0.29) is 35.0 Å². The highest BCUT2D eigenvalue weighted by molar-refractivity contribution is 5.57. The molecule has 1 atom stereocenters. The van der Waals surface area contributed by atoms with Crippen molar-refractivity contribution in [2.45, 2.75) is 33.3 Å². The van der Waals surface area contributed by atoms with E-state index in [1.54, 1.807) is 20.8 Å². The maximum Gasteiger partial charge on any atom is 0.125 e. The van der Waals surface area contributed by atoms with Crippen LogP contribution in [0.5, 0.6) is 23.0 Å². The second-order valence-electron chi connectivity index (χ2n) is 5.56. The lowest BCUT2D eigenvalue weighted by Crippen LogP contribution is -2.06. The first-order chi connectivity index (χ1) is 10.2. The minimum absolute atomic E-state index is 0.0445. The van der Waals surface area contributed by atoms with Crippen molar-refractivity contribution in [3.8, 4) is 23.0 Å². The summed E-state index contributed by atoms with van der Waals surface area (Å²) in [6, 6.07) is 4.05. The van der Waals surface area contributed by atoms with E-state index in [4.69, 9.17) is 0 Å². The minimum Gasteiger partial charge on any atom is -0.508 e. The number of hydrogen-bond donors (Lipinski definition) is 5. The molecule has 0 saturated carbocycles. The van der Waals surface area contributed by atoms with E-state index < -0.39 is 6.10 Å². The smallest absolute Gasteiger partial charge is 0.125 e. The van der Waals surface area contributed by atoms with E-state index in [0.29, 0.717) is 22.3 Å². The first-order valence-electron chi connectivity index (χ1n) is 6.94. The van der Waals surface area contributed by atoms with Gasteiger partial charge in [-0.15, -0.1) is 0 Å². The Labute approximate surface area is 128 Å². The molecule has 5 nitrogen and oxygen atoms in total. The lowest BCUT2D eigenvalue weighted by Gasteiger charge is -2.20. The molecule has 1 unspecified atom stereocenters. The highest BCUT2D eigenvalue weighted by Gasteiger charge is 2.22. The number of phenolic OH excluding ortho intramolecular Hbond substituents is 4. The summed E-state index contributed by atoms with van der Waals surface area (Å²) in [6.45, 7) is 4.99. The molecule has 0 aliphatic heterocycles. The summed E-state index contributed by atoms with van der Waals surface area (Å²) in [7, 11) is 0. The maximum atomic E-state index is 10.4. The van der Waals surface area contributed by atoms with Gasteiger partial charge in [0.05, 0.1) is 6.10 Å². The van der Waals surface area contributed by atoms with Gasteiger partial charge in [0.15, 0.2) is 0 Å². The normalized spacial score (nSPS) is 12.4. The molecule has 0 fully saturated rings. The van der Waals surface area contributed by atoms with Crippen LogP contribution in [0.25, 0.3) is 0 Å². The zero-order valence-corrected chi connectivity index (χ0v) is 12.8. The summed E-state index contributed by atoms with van der Waals surface area (Å²) < 4.78 is 0. The Balaban J connectivity index is 2.44. The number of aromatic hydroxyl groups is 4. The number of benzene rings is 2. The van der Waals surface area contributed by atoms with E-state index >= 15 is 0 Å². The van der Waals surface area contributed by atoms with E-state index in [1.807, 2.05) is 0 Å². The van der Waals surface area contributed by atoms with Gasteiger partial charge in [0.25, 0.3) is 0 Å². The molecule has 0 aromatic heterocycles. The van der Waals surface area contributed by atoms with Crippen molar-refractivity contribution in [1.29, 1.82) is 0 Å². The van der Waals surface area contributed by atoms with Gasteiger partial charge in [0.1, 0.15) is 23.0 Å². The van der Waals surface area contributed by atoms with E-state index in [9.17, 15) is 25.5 Å². The van der Waals surface area contributed by atoms with Crippen molar-refractivity contribution < 1.29 is 25.5 Å². The molecule has 2 aromatic carbocycles. The first kappa shape index (κ1) is 16.0. The Morgan fingerprint density at radius 1 is 0.773 bits per heavy atom. The van der Waals surface area contributed by atoms with Crippen molar-refractivity contribution in [3.63, 3.8) is 0 Å². The Morgan fingerprint density at radius 3 is 1.82 bits per heavy atom. The van der Waals surface area contributed by atoms with Gasteiger partial charge in [-0.1, -0.05) is 0 Å². The molecule has 0 bridgehead atoms. The summed E-state index contributed by atoms with van der Waals surface area (Å²) in [6.07, 6.45) is -0.996. The molecule has 0 saturated heterocycles. The van der Waals surface area contributed by atoms with Crippen molar-refractivity contribution in [2.75, 3.05) is 0 Å². The van der Waals surface area contributed by atoms with Crippen LogP contribution in [0.2, 0.25) is 0 Å². The number of aliphatic hydroxyl groups excluding tert-OH is 1. The molecule has 5 N–H and O–H groups in total. The quantitative estimate of drug-likeness (QED) is 0.561. The Kier molecular flexibility index (Phi) is 4.19. The average molecular weight is 304 g/mol. The minimum atomic E-state index is -1.08. The van der Waals surface area contributed by atoms with Gasteiger partial charge in [-0.05, 0) is 49.6 Å². The second kappa shape index (κ2) is 5.77. The number of hydrogen-bond acceptors (Lipinski definition) is 5. The molecule has 118 valence electrons. The zero-order valence-electron chi connectivity index (χ0n) is 12.8. The lowest BCUT2D eigenvalue weighted by molar-refractivity contribution is 0.173. The number of phenols is 4. The van der Waals surface area contributed by atoms with Gasteiger partial charge in [-0.2, -0.15) is 0 Å². The van der Waals surface area contributed by atoms with Crippen LogP contribution in [0.1, 0.15) is 33.9 Å². The zero-order chi connectivity index (χ0) is 16.6.